The Balaban J connectivity index is 1.52. The van der Waals surface area contributed by atoms with E-state index in [4.69, 9.17) is 5.73 Å². The Morgan fingerprint density at radius 3 is 2.59 bits per heavy atom. The maximum Gasteiger partial charge on any atom is 0.267 e. The molecule has 3 amide bonds. The number of rotatable bonds is 3. The molecule has 4 N–H and O–H groups in total. The number of halogens is 1. The van der Waals surface area contributed by atoms with Crippen molar-refractivity contribution in [3.05, 3.63) is 59.7 Å². The summed E-state index contributed by atoms with van der Waals surface area (Å²) in [5.41, 5.74) is 5.76. The van der Waals surface area contributed by atoms with Crippen LogP contribution >= 0.6 is 0 Å². The van der Waals surface area contributed by atoms with E-state index in [0.717, 1.165) is 0 Å². The van der Waals surface area contributed by atoms with Crippen molar-refractivity contribution >= 4 is 29.1 Å². The lowest BCUT2D eigenvalue weighted by Crippen LogP contribution is -2.38. The Morgan fingerprint density at radius 2 is 1.89 bits per heavy atom. The Morgan fingerprint density at radius 1 is 1.19 bits per heavy atom. The van der Waals surface area contributed by atoms with Gasteiger partial charge in [-0.3, -0.25) is 14.4 Å². The Kier molecular flexibility index (Phi) is 3.92. The lowest BCUT2D eigenvalue weighted by molar-refractivity contribution is -0.125. The van der Waals surface area contributed by atoms with Crippen LogP contribution in [0.15, 0.2) is 48.5 Å². The molecule has 1 spiro atoms. The summed E-state index contributed by atoms with van der Waals surface area (Å²) in [6.45, 7) is 0.183. The summed E-state index contributed by atoms with van der Waals surface area (Å²) in [7, 11) is 0. The van der Waals surface area contributed by atoms with E-state index in [2.05, 4.69) is 10.6 Å². The van der Waals surface area contributed by atoms with Gasteiger partial charge in [-0.1, -0.05) is 22.7 Å². The lowest BCUT2D eigenvalue weighted by Gasteiger charge is -2.20. The van der Waals surface area contributed by atoms with Gasteiger partial charge in [0.25, 0.3) is 5.91 Å². The second kappa shape index (κ2) is 6.17. The fourth-order valence-corrected chi connectivity index (χ4v) is 3.75. The van der Waals surface area contributed by atoms with Gasteiger partial charge in [0.05, 0.1) is 17.1 Å². The molecule has 138 valence electrons. The van der Waals surface area contributed by atoms with Crippen molar-refractivity contribution in [3.63, 3.8) is 0 Å². The van der Waals surface area contributed by atoms with Crippen LogP contribution in [-0.2, 0) is 15.0 Å². The minimum absolute atomic E-state index is 0.161. The summed E-state index contributed by atoms with van der Waals surface area (Å²) in [6, 6.07) is 12.2. The Hall–Kier alpha value is -3.26. The Labute approximate surface area is 154 Å². The number of nitrogens with one attached hydrogen (secondary N) is 2. The SMILES string of the molecule is NC(=O)c1ccc(NC(=O)C2CC3(CN2)C(=O)N(F)c2ccccc23)cc1. The van der Waals surface area contributed by atoms with E-state index in [1.165, 1.54) is 12.1 Å². The molecule has 0 saturated carbocycles. The molecule has 1 fully saturated rings. The van der Waals surface area contributed by atoms with Crippen molar-refractivity contribution in [1.82, 2.24) is 5.32 Å². The smallest absolute Gasteiger partial charge is 0.267 e. The van der Waals surface area contributed by atoms with Crippen LogP contribution in [0.4, 0.5) is 15.9 Å². The van der Waals surface area contributed by atoms with Gasteiger partial charge in [0.15, 0.2) is 0 Å². The van der Waals surface area contributed by atoms with Gasteiger partial charge in [-0.15, -0.1) is 5.12 Å². The number of anilines is 2. The molecule has 2 aliphatic rings. The van der Waals surface area contributed by atoms with Crippen LogP contribution in [-0.4, -0.2) is 30.3 Å². The summed E-state index contributed by atoms with van der Waals surface area (Å²) in [4.78, 5) is 36.2. The minimum Gasteiger partial charge on any atom is -0.366 e. The topological polar surface area (TPSA) is 105 Å². The quantitative estimate of drug-likeness (QED) is 0.709. The van der Waals surface area contributed by atoms with Crippen LogP contribution in [0.1, 0.15) is 22.3 Å². The molecule has 0 radical (unpaired) electrons. The first kappa shape index (κ1) is 17.2. The molecule has 0 aliphatic carbocycles. The van der Waals surface area contributed by atoms with E-state index in [1.54, 1.807) is 36.4 Å². The van der Waals surface area contributed by atoms with Crippen molar-refractivity contribution in [1.29, 1.82) is 0 Å². The number of carbonyl (C=O) groups excluding carboxylic acids is 3. The number of hydrogen-bond acceptors (Lipinski definition) is 4. The summed E-state index contributed by atoms with van der Waals surface area (Å²) in [5.74, 6) is -1.54. The zero-order chi connectivity index (χ0) is 19.2. The average Bonchev–Trinajstić information content (AvgIpc) is 3.21. The molecule has 2 aliphatic heterocycles. The number of primary amides is 1. The van der Waals surface area contributed by atoms with E-state index in [9.17, 15) is 18.9 Å². The predicted octanol–water partition coefficient (Wildman–Crippen LogP) is 1.25. The van der Waals surface area contributed by atoms with Gasteiger partial charge in [0.1, 0.15) is 0 Å². The molecular formula is C19H17FN4O3. The molecule has 7 nitrogen and oxygen atoms in total. The van der Waals surface area contributed by atoms with Crippen LogP contribution in [0.2, 0.25) is 0 Å². The highest BCUT2D eigenvalue weighted by atomic mass is 19.2. The average molecular weight is 368 g/mol. The highest BCUT2D eigenvalue weighted by Gasteiger charge is 2.56. The van der Waals surface area contributed by atoms with Crippen molar-refractivity contribution < 1.29 is 18.9 Å². The zero-order valence-electron chi connectivity index (χ0n) is 14.2. The highest BCUT2D eigenvalue weighted by molar-refractivity contribution is 6.08. The number of amides is 3. The van der Waals surface area contributed by atoms with Gasteiger partial charge in [-0.25, -0.2) is 0 Å². The summed E-state index contributed by atoms with van der Waals surface area (Å²) >= 11 is 0. The van der Waals surface area contributed by atoms with E-state index in [0.29, 0.717) is 16.8 Å². The van der Waals surface area contributed by atoms with Crippen molar-refractivity contribution in [3.8, 4) is 0 Å². The van der Waals surface area contributed by atoms with E-state index in [1.807, 2.05) is 0 Å². The van der Waals surface area contributed by atoms with Crippen molar-refractivity contribution in [2.24, 2.45) is 5.73 Å². The summed E-state index contributed by atoms with van der Waals surface area (Å²) < 4.78 is 14.3. The summed E-state index contributed by atoms with van der Waals surface area (Å²) in [5, 5.41) is 5.93. The molecule has 0 bridgehead atoms. The van der Waals surface area contributed by atoms with Gasteiger partial charge in [0, 0.05) is 17.8 Å². The molecular weight excluding hydrogens is 351 g/mol. The first-order valence-electron chi connectivity index (χ1n) is 8.46. The zero-order valence-corrected chi connectivity index (χ0v) is 14.2. The van der Waals surface area contributed by atoms with Gasteiger partial charge in [-0.2, -0.15) is 0 Å². The first-order chi connectivity index (χ1) is 12.9. The highest BCUT2D eigenvalue weighted by Crippen LogP contribution is 2.46. The lowest BCUT2D eigenvalue weighted by atomic mass is 9.79. The third-order valence-electron chi connectivity index (χ3n) is 5.18. The maximum atomic E-state index is 14.3. The largest absolute Gasteiger partial charge is 0.366 e. The monoisotopic (exact) mass is 368 g/mol. The van der Waals surface area contributed by atoms with Crippen LogP contribution in [0, 0.1) is 0 Å². The van der Waals surface area contributed by atoms with Crippen molar-refractivity contribution in [2.75, 3.05) is 17.0 Å². The molecule has 1 saturated heterocycles. The van der Waals surface area contributed by atoms with Gasteiger partial charge >= 0.3 is 0 Å². The fourth-order valence-electron chi connectivity index (χ4n) is 3.75. The van der Waals surface area contributed by atoms with Crippen LogP contribution < -0.4 is 21.5 Å². The van der Waals surface area contributed by atoms with Crippen molar-refractivity contribution in [2.45, 2.75) is 17.9 Å². The second-order valence-electron chi connectivity index (χ2n) is 6.75. The third-order valence-corrected chi connectivity index (χ3v) is 5.18. The fraction of sp³-hybridized carbons (Fsp3) is 0.211. The Bertz CT molecular complexity index is 946. The number of nitrogens with zero attached hydrogens (tertiary/aromatic N) is 1. The molecule has 4 rings (SSSR count). The number of para-hydroxylation sites is 1. The number of carbonyl (C=O) groups is 3. The number of nitrogens with two attached hydrogens (primary N) is 1. The van der Waals surface area contributed by atoms with E-state index in [-0.39, 0.29) is 29.7 Å². The minimum atomic E-state index is -1.08. The van der Waals surface area contributed by atoms with Crippen LogP contribution in [0.25, 0.3) is 0 Å². The predicted molar refractivity (Wildman–Crippen MR) is 96.7 cm³/mol. The third kappa shape index (κ3) is 2.65. The number of benzene rings is 2. The second-order valence-corrected chi connectivity index (χ2v) is 6.75. The van der Waals surface area contributed by atoms with Gasteiger partial charge in [-0.05, 0) is 42.3 Å². The number of hydrogen-bond donors (Lipinski definition) is 3. The molecule has 2 aromatic carbocycles. The molecule has 2 aromatic rings. The molecule has 2 atom stereocenters. The molecule has 8 heteroatoms. The molecule has 2 heterocycles. The standard InChI is InChI=1S/C19H17FN4O3/c20-24-15-4-2-1-3-13(15)19(18(24)27)9-14(22-10-19)17(26)23-12-7-5-11(6-8-12)16(21)25/h1-8,14,22H,9-10H2,(H2,21,25)(H,23,26). The number of fused-ring (bicyclic) bond motifs is 2. The normalized spacial score (nSPS) is 23.5. The van der Waals surface area contributed by atoms with Gasteiger partial charge < -0.3 is 16.4 Å². The first-order valence-corrected chi connectivity index (χ1v) is 8.46. The van der Waals surface area contributed by atoms with Crippen LogP contribution in [0.5, 0.6) is 0 Å². The van der Waals surface area contributed by atoms with Crippen LogP contribution in [0.3, 0.4) is 0 Å². The molecule has 2 unspecified atom stereocenters. The maximum absolute atomic E-state index is 14.3. The molecule has 0 aromatic heterocycles. The molecule has 27 heavy (non-hydrogen) atoms. The van der Waals surface area contributed by atoms with E-state index >= 15 is 0 Å². The summed E-state index contributed by atoms with van der Waals surface area (Å²) in [6.07, 6.45) is 0.161. The van der Waals surface area contributed by atoms with Gasteiger partial charge in [0.2, 0.25) is 11.8 Å². The van der Waals surface area contributed by atoms with E-state index < -0.39 is 23.3 Å².